The van der Waals surface area contributed by atoms with Crippen LogP contribution in [0.15, 0.2) is 42.9 Å². The van der Waals surface area contributed by atoms with E-state index in [1.165, 1.54) is 18.6 Å². The fourth-order valence-electron chi connectivity index (χ4n) is 1.43. The maximum atomic E-state index is 11.5. The summed E-state index contributed by atoms with van der Waals surface area (Å²) >= 11 is 0. The Labute approximate surface area is 110 Å². The Morgan fingerprint density at radius 2 is 2.26 bits per heavy atom. The van der Waals surface area contributed by atoms with Crippen molar-refractivity contribution in [3.63, 3.8) is 0 Å². The van der Waals surface area contributed by atoms with Crippen LogP contribution >= 0.6 is 0 Å². The van der Waals surface area contributed by atoms with Crippen LogP contribution in [-0.4, -0.2) is 23.2 Å². The lowest BCUT2D eigenvalue weighted by molar-refractivity contribution is 0.198. The van der Waals surface area contributed by atoms with E-state index in [-0.39, 0.29) is 5.88 Å². The number of carbonyl (C=O) groups excluding carboxylic acids is 1. The van der Waals surface area contributed by atoms with Crippen LogP contribution in [0.25, 0.3) is 0 Å². The second-order valence-electron chi connectivity index (χ2n) is 3.64. The highest BCUT2D eigenvalue weighted by Gasteiger charge is 2.05. The predicted octanol–water partition coefficient (Wildman–Crippen LogP) is 1.77. The molecule has 2 rings (SSSR count). The van der Waals surface area contributed by atoms with Gasteiger partial charge < -0.3 is 14.8 Å². The highest BCUT2D eigenvalue weighted by molar-refractivity contribution is 5.69. The lowest BCUT2D eigenvalue weighted by Gasteiger charge is -2.07. The van der Waals surface area contributed by atoms with Gasteiger partial charge in [0.1, 0.15) is 12.1 Å². The number of aromatic nitrogens is 2. The summed E-state index contributed by atoms with van der Waals surface area (Å²) in [6, 6.07) is 8.91. The zero-order chi connectivity index (χ0) is 13.5. The van der Waals surface area contributed by atoms with Crippen LogP contribution in [0.5, 0.6) is 11.6 Å². The first kappa shape index (κ1) is 12.8. The molecule has 0 aliphatic carbocycles. The van der Waals surface area contributed by atoms with Crippen LogP contribution in [0.1, 0.15) is 5.56 Å². The number of nitrogens with one attached hydrogen (secondary N) is 1. The summed E-state index contributed by atoms with van der Waals surface area (Å²) in [6.45, 7) is 0.348. The quantitative estimate of drug-likeness (QED) is 0.905. The van der Waals surface area contributed by atoms with Gasteiger partial charge in [-0.15, -0.1) is 0 Å². The molecule has 0 saturated carbocycles. The summed E-state index contributed by atoms with van der Waals surface area (Å²) in [5, 5.41) is 2.62. The molecule has 0 radical (unpaired) electrons. The van der Waals surface area contributed by atoms with Gasteiger partial charge in [0.05, 0.1) is 7.11 Å². The first-order valence-electron chi connectivity index (χ1n) is 5.62. The average molecular weight is 259 g/mol. The van der Waals surface area contributed by atoms with Gasteiger partial charge in [-0.1, -0.05) is 12.1 Å². The van der Waals surface area contributed by atoms with Gasteiger partial charge in [-0.25, -0.2) is 14.8 Å². The number of rotatable bonds is 4. The molecular formula is C13H13N3O3. The lowest BCUT2D eigenvalue weighted by atomic mass is 10.2. The third-order valence-corrected chi connectivity index (χ3v) is 2.32. The molecule has 1 aromatic carbocycles. The number of nitrogens with zero attached hydrogens (tertiary/aromatic N) is 2. The molecule has 0 aliphatic heterocycles. The Hall–Kier alpha value is -2.63. The van der Waals surface area contributed by atoms with Gasteiger partial charge in [0.2, 0.25) is 5.88 Å². The van der Waals surface area contributed by atoms with Crippen LogP contribution in [0.3, 0.4) is 0 Å². The molecule has 19 heavy (non-hydrogen) atoms. The van der Waals surface area contributed by atoms with E-state index >= 15 is 0 Å². The molecule has 2 aromatic rings. The Morgan fingerprint density at radius 3 is 3.00 bits per heavy atom. The smallest absolute Gasteiger partial charge is 0.414 e. The number of methoxy groups -OCH3 is 1. The van der Waals surface area contributed by atoms with Gasteiger partial charge in [0.15, 0.2) is 0 Å². The Bertz CT molecular complexity index is 546. The maximum absolute atomic E-state index is 11.5. The highest BCUT2D eigenvalue weighted by Crippen LogP contribution is 2.12. The molecule has 0 spiro atoms. The Balaban J connectivity index is 1.86. The SMILES string of the molecule is COc1cccc(CNC(=O)Oc2ccncn2)c1. The van der Waals surface area contributed by atoms with Gasteiger partial charge in [0.25, 0.3) is 0 Å². The third-order valence-electron chi connectivity index (χ3n) is 2.32. The van der Waals surface area contributed by atoms with Gasteiger partial charge in [0, 0.05) is 18.8 Å². The first-order valence-corrected chi connectivity index (χ1v) is 5.62. The molecule has 0 saturated heterocycles. The van der Waals surface area contributed by atoms with Crippen molar-refractivity contribution in [3.05, 3.63) is 48.4 Å². The number of benzene rings is 1. The molecule has 1 N–H and O–H groups in total. The van der Waals surface area contributed by atoms with Crippen molar-refractivity contribution in [2.45, 2.75) is 6.54 Å². The van der Waals surface area contributed by atoms with E-state index < -0.39 is 6.09 Å². The number of hydrogen-bond acceptors (Lipinski definition) is 5. The zero-order valence-corrected chi connectivity index (χ0v) is 10.4. The fourth-order valence-corrected chi connectivity index (χ4v) is 1.43. The predicted molar refractivity (Wildman–Crippen MR) is 67.9 cm³/mol. The third kappa shape index (κ3) is 3.95. The number of carbonyl (C=O) groups is 1. The minimum atomic E-state index is -0.568. The molecule has 0 bridgehead atoms. The average Bonchev–Trinajstić information content (AvgIpc) is 2.46. The molecule has 0 aliphatic rings. The minimum absolute atomic E-state index is 0.207. The Morgan fingerprint density at radius 1 is 1.37 bits per heavy atom. The number of hydrogen-bond donors (Lipinski definition) is 1. The van der Waals surface area contributed by atoms with Crippen molar-refractivity contribution in [1.29, 1.82) is 0 Å². The molecule has 6 nitrogen and oxygen atoms in total. The van der Waals surface area contributed by atoms with E-state index in [9.17, 15) is 4.79 Å². The van der Waals surface area contributed by atoms with Crippen molar-refractivity contribution in [1.82, 2.24) is 15.3 Å². The monoisotopic (exact) mass is 259 g/mol. The van der Waals surface area contributed by atoms with E-state index in [4.69, 9.17) is 9.47 Å². The molecule has 0 unspecified atom stereocenters. The molecule has 0 fully saturated rings. The largest absolute Gasteiger partial charge is 0.497 e. The zero-order valence-electron chi connectivity index (χ0n) is 10.4. The van der Waals surface area contributed by atoms with E-state index in [0.29, 0.717) is 6.54 Å². The van der Waals surface area contributed by atoms with Crippen LogP contribution in [0.4, 0.5) is 4.79 Å². The number of ether oxygens (including phenoxy) is 2. The summed E-state index contributed by atoms with van der Waals surface area (Å²) in [7, 11) is 1.59. The van der Waals surface area contributed by atoms with Crippen LogP contribution < -0.4 is 14.8 Å². The van der Waals surface area contributed by atoms with E-state index in [1.807, 2.05) is 24.3 Å². The first-order chi connectivity index (χ1) is 9.28. The molecule has 98 valence electrons. The molecule has 1 heterocycles. The van der Waals surface area contributed by atoms with Crippen molar-refractivity contribution in [2.24, 2.45) is 0 Å². The second kappa shape index (κ2) is 6.34. The van der Waals surface area contributed by atoms with E-state index in [2.05, 4.69) is 15.3 Å². The number of amides is 1. The summed E-state index contributed by atoms with van der Waals surface area (Å²) in [4.78, 5) is 19.0. The minimum Gasteiger partial charge on any atom is -0.497 e. The van der Waals surface area contributed by atoms with Crippen LogP contribution in [-0.2, 0) is 6.54 Å². The fraction of sp³-hybridized carbons (Fsp3) is 0.154. The van der Waals surface area contributed by atoms with Gasteiger partial charge >= 0.3 is 6.09 Å². The summed E-state index contributed by atoms with van der Waals surface area (Å²) in [5.74, 6) is 0.946. The summed E-state index contributed by atoms with van der Waals surface area (Å²) in [5.41, 5.74) is 0.916. The molecule has 1 aromatic heterocycles. The van der Waals surface area contributed by atoms with Gasteiger partial charge in [-0.2, -0.15) is 0 Å². The summed E-state index contributed by atoms with van der Waals surface area (Å²) in [6.07, 6.45) is 2.24. The van der Waals surface area contributed by atoms with Crippen LogP contribution in [0.2, 0.25) is 0 Å². The van der Waals surface area contributed by atoms with Gasteiger partial charge in [-0.05, 0) is 17.7 Å². The van der Waals surface area contributed by atoms with Crippen molar-refractivity contribution in [2.75, 3.05) is 7.11 Å². The van der Waals surface area contributed by atoms with Gasteiger partial charge in [-0.3, -0.25) is 0 Å². The van der Waals surface area contributed by atoms with Crippen LogP contribution in [0, 0.1) is 0 Å². The lowest BCUT2D eigenvalue weighted by Crippen LogP contribution is -2.26. The highest BCUT2D eigenvalue weighted by atomic mass is 16.6. The maximum Gasteiger partial charge on any atom is 0.414 e. The molecule has 6 heteroatoms. The van der Waals surface area contributed by atoms with Crippen molar-refractivity contribution >= 4 is 6.09 Å². The van der Waals surface area contributed by atoms with Crippen molar-refractivity contribution < 1.29 is 14.3 Å². The van der Waals surface area contributed by atoms with E-state index in [1.54, 1.807) is 7.11 Å². The molecular weight excluding hydrogens is 246 g/mol. The summed E-state index contributed by atoms with van der Waals surface area (Å²) < 4.78 is 10.1. The Kier molecular flexibility index (Phi) is 4.28. The van der Waals surface area contributed by atoms with Crippen molar-refractivity contribution in [3.8, 4) is 11.6 Å². The topological polar surface area (TPSA) is 73.3 Å². The second-order valence-corrected chi connectivity index (χ2v) is 3.64. The normalized spacial score (nSPS) is 9.74. The van der Waals surface area contributed by atoms with E-state index in [0.717, 1.165) is 11.3 Å². The molecule has 1 amide bonds. The molecule has 0 atom stereocenters. The standard InChI is InChI=1S/C13H13N3O3/c1-18-11-4-2-3-10(7-11)8-15-13(17)19-12-5-6-14-9-16-12/h2-7,9H,8H2,1H3,(H,15,17).